The fraction of sp³-hybridized carbons (Fsp3) is 0.353. The molecule has 2 N–H and O–H groups in total. The van der Waals surface area contributed by atoms with Crippen LogP contribution in [0.4, 0.5) is 0 Å². The average molecular weight is 381 g/mol. The van der Waals surface area contributed by atoms with Crippen LogP contribution >= 0.6 is 11.3 Å². The Bertz CT molecular complexity index is 802. The molecule has 25 heavy (non-hydrogen) atoms. The lowest BCUT2D eigenvalue weighted by Gasteiger charge is -2.23. The Morgan fingerprint density at radius 1 is 1.20 bits per heavy atom. The monoisotopic (exact) mass is 380 g/mol. The van der Waals surface area contributed by atoms with Gasteiger partial charge in [-0.3, -0.25) is 4.99 Å². The van der Waals surface area contributed by atoms with Crippen LogP contribution < -0.4 is 10.0 Å². The standard InChI is InChI=1S/C17H24N4O2S2/c1-14-7-4-5-8-15(14)13-21(3)17(18-2)19-10-11-20-25(22,23)16-9-6-12-24-16/h4-9,12,20H,10-11,13H2,1-3H3,(H,18,19). The Balaban J connectivity index is 1.83. The number of hydrogen-bond acceptors (Lipinski definition) is 4. The van der Waals surface area contributed by atoms with Crippen molar-refractivity contribution in [3.05, 3.63) is 52.9 Å². The van der Waals surface area contributed by atoms with Crippen molar-refractivity contribution in [1.29, 1.82) is 0 Å². The van der Waals surface area contributed by atoms with Crippen LogP contribution in [-0.4, -0.2) is 46.5 Å². The molecule has 0 spiro atoms. The van der Waals surface area contributed by atoms with Gasteiger partial charge in [0.25, 0.3) is 0 Å². The van der Waals surface area contributed by atoms with Crippen LogP contribution in [0.5, 0.6) is 0 Å². The van der Waals surface area contributed by atoms with E-state index >= 15 is 0 Å². The smallest absolute Gasteiger partial charge is 0.250 e. The molecule has 0 amide bonds. The highest BCUT2D eigenvalue weighted by Crippen LogP contribution is 2.14. The van der Waals surface area contributed by atoms with Crippen molar-refractivity contribution in [3.8, 4) is 0 Å². The van der Waals surface area contributed by atoms with Gasteiger partial charge in [0.1, 0.15) is 4.21 Å². The first-order valence-corrected chi connectivity index (χ1v) is 10.3. The minimum atomic E-state index is -3.42. The summed E-state index contributed by atoms with van der Waals surface area (Å²) in [4.78, 5) is 6.26. The summed E-state index contributed by atoms with van der Waals surface area (Å²) in [7, 11) is 0.250. The van der Waals surface area contributed by atoms with Crippen LogP contribution in [0, 0.1) is 6.92 Å². The van der Waals surface area contributed by atoms with E-state index in [0.717, 1.165) is 12.5 Å². The Hall–Kier alpha value is -1.90. The lowest BCUT2D eigenvalue weighted by atomic mass is 10.1. The number of sulfonamides is 1. The predicted octanol–water partition coefficient (Wildman–Crippen LogP) is 2.04. The Labute approximate surface area is 153 Å². The van der Waals surface area contributed by atoms with E-state index in [1.165, 1.54) is 22.5 Å². The van der Waals surface area contributed by atoms with Gasteiger partial charge in [0.05, 0.1) is 0 Å². The molecule has 1 aromatic heterocycles. The van der Waals surface area contributed by atoms with Crippen molar-refractivity contribution < 1.29 is 8.42 Å². The second kappa shape index (κ2) is 8.98. The van der Waals surface area contributed by atoms with Crippen molar-refractivity contribution in [2.75, 3.05) is 27.2 Å². The molecule has 0 aliphatic rings. The maximum absolute atomic E-state index is 12.1. The summed E-state index contributed by atoms with van der Waals surface area (Å²) in [5.41, 5.74) is 2.46. The highest BCUT2D eigenvalue weighted by atomic mass is 32.2. The van der Waals surface area contributed by atoms with Gasteiger partial charge in [-0.1, -0.05) is 30.3 Å². The van der Waals surface area contributed by atoms with Gasteiger partial charge in [-0.05, 0) is 29.5 Å². The molecule has 0 fully saturated rings. The topological polar surface area (TPSA) is 73.8 Å². The Morgan fingerprint density at radius 3 is 2.60 bits per heavy atom. The first kappa shape index (κ1) is 19.4. The van der Waals surface area contributed by atoms with Gasteiger partial charge in [0.2, 0.25) is 10.0 Å². The lowest BCUT2D eigenvalue weighted by Crippen LogP contribution is -2.42. The van der Waals surface area contributed by atoms with Gasteiger partial charge < -0.3 is 10.2 Å². The molecule has 0 bridgehead atoms. The van der Waals surface area contributed by atoms with E-state index in [9.17, 15) is 8.42 Å². The van der Waals surface area contributed by atoms with E-state index in [0.29, 0.717) is 10.8 Å². The van der Waals surface area contributed by atoms with Crippen LogP contribution in [0.1, 0.15) is 11.1 Å². The number of aryl methyl sites for hydroxylation is 1. The second-order valence-electron chi connectivity index (χ2n) is 5.59. The third-order valence-corrected chi connectivity index (χ3v) is 6.56. The van der Waals surface area contributed by atoms with Gasteiger partial charge >= 0.3 is 0 Å². The Morgan fingerprint density at radius 2 is 1.96 bits per heavy atom. The molecule has 6 nitrogen and oxygen atoms in total. The lowest BCUT2D eigenvalue weighted by molar-refractivity contribution is 0.475. The molecule has 0 saturated heterocycles. The number of benzene rings is 1. The fourth-order valence-electron chi connectivity index (χ4n) is 2.35. The van der Waals surface area contributed by atoms with Crippen LogP contribution in [0.15, 0.2) is 51.0 Å². The summed E-state index contributed by atoms with van der Waals surface area (Å²) in [6.07, 6.45) is 0. The fourth-order valence-corrected chi connectivity index (χ4v) is 4.42. The quantitative estimate of drug-likeness (QED) is 0.438. The van der Waals surface area contributed by atoms with E-state index in [2.05, 4.69) is 34.1 Å². The van der Waals surface area contributed by atoms with Crippen molar-refractivity contribution >= 4 is 27.3 Å². The molecule has 0 aliphatic carbocycles. The number of thiophene rings is 1. The van der Waals surface area contributed by atoms with Crippen molar-refractivity contribution in [2.45, 2.75) is 17.7 Å². The molecule has 1 heterocycles. The van der Waals surface area contributed by atoms with E-state index in [1.54, 1.807) is 24.6 Å². The van der Waals surface area contributed by atoms with E-state index in [-0.39, 0.29) is 6.54 Å². The molecular weight excluding hydrogens is 356 g/mol. The first-order valence-electron chi connectivity index (χ1n) is 7.93. The van der Waals surface area contributed by atoms with Crippen molar-refractivity contribution in [1.82, 2.24) is 14.9 Å². The minimum Gasteiger partial charge on any atom is -0.355 e. The molecular formula is C17H24N4O2S2. The molecule has 1 aromatic carbocycles. The predicted molar refractivity (Wildman–Crippen MR) is 104 cm³/mol. The summed E-state index contributed by atoms with van der Waals surface area (Å²) in [6.45, 7) is 3.55. The van der Waals surface area contributed by atoms with E-state index in [4.69, 9.17) is 0 Å². The summed E-state index contributed by atoms with van der Waals surface area (Å²) in [5.74, 6) is 0.721. The molecule has 8 heteroatoms. The maximum Gasteiger partial charge on any atom is 0.250 e. The highest BCUT2D eigenvalue weighted by molar-refractivity contribution is 7.91. The van der Waals surface area contributed by atoms with E-state index < -0.39 is 10.0 Å². The van der Waals surface area contributed by atoms with Gasteiger partial charge in [0, 0.05) is 33.7 Å². The molecule has 2 aromatic rings. The zero-order valence-electron chi connectivity index (χ0n) is 14.7. The number of nitrogens with one attached hydrogen (secondary N) is 2. The summed E-state index contributed by atoms with van der Waals surface area (Å²) >= 11 is 1.20. The zero-order valence-corrected chi connectivity index (χ0v) is 16.3. The number of rotatable bonds is 7. The minimum absolute atomic E-state index is 0.289. The third-order valence-electron chi connectivity index (χ3n) is 3.70. The Kier molecular flexibility index (Phi) is 6.98. The van der Waals surface area contributed by atoms with Crippen LogP contribution in [0.25, 0.3) is 0 Å². The third kappa shape index (κ3) is 5.55. The maximum atomic E-state index is 12.1. The molecule has 0 unspecified atom stereocenters. The van der Waals surface area contributed by atoms with Gasteiger partial charge in [0.15, 0.2) is 5.96 Å². The second-order valence-corrected chi connectivity index (χ2v) is 8.53. The van der Waals surface area contributed by atoms with Crippen LogP contribution in [-0.2, 0) is 16.6 Å². The van der Waals surface area contributed by atoms with Gasteiger partial charge in [-0.2, -0.15) is 0 Å². The molecule has 2 rings (SSSR count). The number of guanidine groups is 1. The molecule has 0 aliphatic heterocycles. The molecule has 136 valence electrons. The highest BCUT2D eigenvalue weighted by Gasteiger charge is 2.14. The summed E-state index contributed by atoms with van der Waals surface area (Å²) < 4.78 is 27.0. The first-order chi connectivity index (χ1) is 11.9. The molecule has 0 saturated carbocycles. The van der Waals surface area contributed by atoms with Crippen molar-refractivity contribution in [3.63, 3.8) is 0 Å². The largest absolute Gasteiger partial charge is 0.355 e. The van der Waals surface area contributed by atoms with Gasteiger partial charge in [-0.25, -0.2) is 13.1 Å². The summed E-state index contributed by atoms with van der Waals surface area (Å²) in [6, 6.07) is 11.5. The van der Waals surface area contributed by atoms with Gasteiger partial charge in [-0.15, -0.1) is 11.3 Å². The molecule has 0 radical (unpaired) electrons. The zero-order chi connectivity index (χ0) is 18.3. The number of aliphatic imine (C=N–C) groups is 1. The average Bonchev–Trinajstić information content (AvgIpc) is 3.12. The normalized spacial score (nSPS) is 12.2. The van der Waals surface area contributed by atoms with Crippen molar-refractivity contribution in [2.24, 2.45) is 4.99 Å². The van der Waals surface area contributed by atoms with Crippen LogP contribution in [0.3, 0.4) is 0 Å². The van der Waals surface area contributed by atoms with E-state index in [1.807, 2.05) is 24.1 Å². The number of nitrogens with zero attached hydrogens (tertiary/aromatic N) is 2. The summed E-state index contributed by atoms with van der Waals surface area (Å²) in [5, 5.41) is 4.92. The molecule has 0 atom stereocenters. The number of hydrogen-bond donors (Lipinski definition) is 2. The SMILES string of the molecule is CN=C(NCCNS(=O)(=O)c1cccs1)N(C)Cc1ccccc1C. The van der Waals surface area contributed by atoms with Crippen LogP contribution in [0.2, 0.25) is 0 Å².